The Balaban J connectivity index is 1.93. The standard InChI is InChI=1S/C18H17N5O3/c1-21-10-13(23-16(18(21)26)17(25)14(24)9-20-23)15(22-8-7-19-11-22)12-5-3-2-4-6-12/h2-9,11,13,15,25H,10H2,1H3/t13-,15-/m1/s1. The van der Waals surface area contributed by atoms with Gasteiger partial charge in [-0.1, -0.05) is 30.3 Å². The minimum atomic E-state index is -0.669. The maximum absolute atomic E-state index is 12.5. The highest BCUT2D eigenvalue weighted by atomic mass is 16.3. The minimum absolute atomic E-state index is 0.0858. The number of rotatable bonds is 3. The molecule has 0 spiro atoms. The van der Waals surface area contributed by atoms with Crippen molar-refractivity contribution < 1.29 is 9.90 Å². The maximum Gasteiger partial charge on any atom is 0.275 e. The Labute approximate surface area is 148 Å². The van der Waals surface area contributed by atoms with Crippen LogP contribution in [0, 0.1) is 0 Å². The third kappa shape index (κ3) is 2.46. The zero-order valence-corrected chi connectivity index (χ0v) is 14.1. The Hall–Kier alpha value is -3.42. The monoisotopic (exact) mass is 351 g/mol. The summed E-state index contributed by atoms with van der Waals surface area (Å²) in [5, 5.41) is 14.4. The highest BCUT2D eigenvalue weighted by Crippen LogP contribution is 2.35. The predicted molar refractivity (Wildman–Crippen MR) is 93.0 cm³/mol. The van der Waals surface area contributed by atoms with Crippen molar-refractivity contribution in [1.82, 2.24) is 24.2 Å². The molecule has 3 aromatic rings. The number of hydrogen-bond donors (Lipinski definition) is 1. The quantitative estimate of drug-likeness (QED) is 0.762. The lowest BCUT2D eigenvalue weighted by Gasteiger charge is -2.37. The fourth-order valence-corrected chi connectivity index (χ4v) is 3.44. The third-order valence-electron chi connectivity index (χ3n) is 4.66. The van der Waals surface area contributed by atoms with Crippen LogP contribution < -0.4 is 5.43 Å². The molecular weight excluding hydrogens is 334 g/mol. The second-order valence-electron chi connectivity index (χ2n) is 6.27. The Morgan fingerprint density at radius 1 is 1.23 bits per heavy atom. The summed E-state index contributed by atoms with van der Waals surface area (Å²) in [6, 6.07) is 9.24. The van der Waals surface area contributed by atoms with Gasteiger partial charge in [-0.2, -0.15) is 5.10 Å². The highest BCUT2D eigenvalue weighted by molar-refractivity contribution is 5.95. The minimum Gasteiger partial charge on any atom is -0.502 e. The van der Waals surface area contributed by atoms with Crippen LogP contribution in [0.15, 0.2) is 60.0 Å². The van der Waals surface area contributed by atoms with Gasteiger partial charge in [-0.15, -0.1) is 0 Å². The second kappa shape index (κ2) is 6.14. The lowest BCUT2D eigenvalue weighted by molar-refractivity contribution is 0.0671. The van der Waals surface area contributed by atoms with Crippen molar-refractivity contribution in [2.45, 2.75) is 12.1 Å². The summed E-state index contributed by atoms with van der Waals surface area (Å²) in [7, 11) is 1.64. The zero-order valence-electron chi connectivity index (χ0n) is 14.1. The molecule has 0 saturated heterocycles. The van der Waals surface area contributed by atoms with Gasteiger partial charge in [0.15, 0.2) is 11.4 Å². The molecule has 132 valence electrons. The molecule has 2 aromatic heterocycles. The summed E-state index contributed by atoms with van der Waals surface area (Å²) < 4.78 is 3.39. The summed E-state index contributed by atoms with van der Waals surface area (Å²) in [6.45, 7) is 0.374. The largest absolute Gasteiger partial charge is 0.502 e. The van der Waals surface area contributed by atoms with E-state index < -0.39 is 17.1 Å². The van der Waals surface area contributed by atoms with Crippen molar-refractivity contribution in [2.24, 2.45) is 0 Å². The highest BCUT2D eigenvalue weighted by Gasteiger charge is 2.38. The fourth-order valence-electron chi connectivity index (χ4n) is 3.44. The third-order valence-corrected chi connectivity index (χ3v) is 4.66. The van der Waals surface area contributed by atoms with Crippen LogP contribution >= 0.6 is 0 Å². The van der Waals surface area contributed by atoms with Crippen molar-refractivity contribution in [1.29, 1.82) is 0 Å². The number of hydrogen-bond acceptors (Lipinski definition) is 5. The molecule has 0 unspecified atom stereocenters. The average Bonchev–Trinajstić information content (AvgIpc) is 3.17. The maximum atomic E-state index is 12.5. The van der Waals surface area contributed by atoms with E-state index in [1.165, 1.54) is 9.58 Å². The van der Waals surface area contributed by atoms with Crippen LogP contribution in [0.1, 0.15) is 28.1 Å². The van der Waals surface area contributed by atoms with E-state index in [4.69, 9.17) is 0 Å². The Morgan fingerprint density at radius 3 is 2.69 bits per heavy atom. The molecule has 1 N–H and O–H groups in total. The zero-order chi connectivity index (χ0) is 18.3. The molecule has 2 atom stereocenters. The van der Waals surface area contributed by atoms with Crippen LogP contribution in [0.25, 0.3) is 0 Å². The Kier molecular flexibility index (Phi) is 3.80. The van der Waals surface area contributed by atoms with Gasteiger partial charge < -0.3 is 14.6 Å². The molecule has 0 saturated carbocycles. The Bertz CT molecular complexity index is 997. The van der Waals surface area contributed by atoms with E-state index in [1.54, 1.807) is 19.6 Å². The molecular formula is C18H17N5O3. The van der Waals surface area contributed by atoms with Gasteiger partial charge in [-0.05, 0) is 5.56 Å². The molecule has 26 heavy (non-hydrogen) atoms. The van der Waals surface area contributed by atoms with Crippen molar-refractivity contribution in [2.75, 3.05) is 13.6 Å². The van der Waals surface area contributed by atoms with Crippen LogP contribution in [-0.4, -0.2) is 48.8 Å². The van der Waals surface area contributed by atoms with Gasteiger partial charge in [0.05, 0.1) is 24.6 Å². The SMILES string of the molecule is CN1C[C@H]([C@@H](c2ccccc2)n2ccnc2)n2ncc(=O)c(O)c2C1=O. The van der Waals surface area contributed by atoms with Gasteiger partial charge >= 0.3 is 0 Å². The summed E-state index contributed by atoms with van der Waals surface area (Å²) >= 11 is 0. The average molecular weight is 351 g/mol. The number of fused-ring (bicyclic) bond motifs is 1. The first-order chi connectivity index (χ1) is 12.6. The van der Waals surface area contributed by atoms with Gasteiger partial charge in [0.25, 0.3) is 5.91 Å². The summed E-state index contributed by atoms with van der Waals surface area (Å²) in [4.78, 5) is 30.0. The van der Waals surface area contributed by atoms with Gasteiger partial charge in [-0.25, -0.2) is 9.67 Å². The molecule has 1 aromatic carbocycles. The lowest BCUT2D eigenvalue weighted by atomic mass is 9.96. The summed E-state index contributed by atoms with van der Waals surface area (Å²) in [5.41, 5.74) is 0.249. The van der Waals surface area contributed by atoms with Crippen molar-refractivity contribution in [3.05, 3.63) is 76.7 Å². The molecule has 1 aliphatic heterocycles. The molecule has 3 heterocycles. The van der Waals surface area contributed by atoms with Crippen LogP contribution in [-0.2, 0) is 0 Å². The first-order valence-corrected chi connectivity index (χ1v) is 8.16. The number of likely N-dealkylation sites (N-methyl/N-ethyl adjacent to an activating group) is 1. The number of carbonyl (C=O) groups excluding carboxylic acids is 1. The first kappa shape index (κ1) is 16.1. The second-order valence-corrected chi connectivity index (χ2v) is 6.27. The van der Waals surface area contributed by atoms with E-state index in [1.807, 2.05) is 41.1 Å². The summed E-state index contributed by atoms with van der Waals surface area (Å²) in [5.74, 6) is -1.000. The number of nitrogens with zero attached hydrogens (tertiary/aromatic N) is 5. The smallest absolute Gasteiger partial charge is 0.275 e. The first-order valence-electron chi connectivity index (χ1n) is 8.16. The number of benzene rings is 1. The molecule has 0 bridgehead atoms. The van der Waals surface area contributed by atoms with Gasteiger partial charge in [0.1, 0.15) is 0 Å². The van der Waals surface area contributed by atoms with Crippen LogP contribution in [0.3, 0.4) is 0 Å². The van der Waals surface area contributed by atoms with Crippen molar-refractivity contribution >= 4 is 5.91 Å². The number of aromatic nitrogens is 4. The number of aromatic hydroxyl groups is 1. The van der Waals surface area contributed by atoms with E-state index in [2.05, 4.69) is 10.1 Å². The van der Waals surface area contributed by atoms with Crippen molar-refractivity contribution in [3.63, 3.8) is 0 Å². The van der Waals surface area contributed by atoms with Crippen LogP contribution in [0.5, 0.6) is 5.75 Å². The summed E-state index contributed by atoms with van der Waals surface area (Å²) in [6.07, 6.45) is 6.28. The van der Waals surface area contributed by atoms with Gasteiger partial charge in [-0.3, -0.25) is 9.59 Å². The van der Waals surface area contributed by atoms with Gasteiger partial charge in [0, 0.05) is 26.0 Å². The number of carbonyl (C=O) groups is 1. The molecule has 8 heteroatoms. The lowest BCUT2D eigenvalue weighted by Crippen LogP contribution is -2.46. The van der Waals surface area contributed by atoms with E-state index in [-0.39, 0.29) is 17.8 Å². The van der Waals surface area contributed by atoms with Gasteiger partial charge in [0.2, 0.25) is 5.43 Å². The molecule has 0 radical (unpaired) electrons. The molecule has 8 nitrogen and oxygen atoms in total. The number of imidazole rings is 1. The van der Waals surface area contributed by atoms with Crippen LogP contribution in [0.4, 0.5) is 0 Å². The molecule has 0 aliphatic carbocycles. The van der Waals surface area contributed by atoms with E-state index in [0.717, 1.165) is 11.8 Å². The van der Waals surface area contributed by atoms with E-state index in [9.17, 15) is 14.7 Å². The Morgan fingerprint density at radius 2 is 2.00 bits per heavy atom. The van der Waals surface area contributed by atoms with E-state index in [0.29, 0.717) is 6.54 Å². The molecule has 1 aliphatic rings. The normalized spacial score (nSPS) is 17.8. The number of amides is 1. The van der Waals surface area contributed by atoms with Crippen molar-refractivity contribution in [3.8, 4) is 5.75 Å². The molecule has 0 fully saturated rings. The predicted octanol–water partition coefficient (Wildman–Crippen LogP) is 1.06. The topological polar surface area (TPSA) is 93.2 Å². The molecule has 4 rings (SSSR count). The fraction of sp³-hybridized carbons (Fsp3) is 0.222. The van der Waals surface area contributed by atoms with E-state index >= 15 is 0 Å². The molecule has 1 amide bonds. The van der Waals surface area contributed by atoms with Crippen LogP contribution in [0.2, 0.25) is 0 Å².